The Morgan fingerprint density at radius 2 is 0.738 bits per heavy atom. The lowest BCUT2D eigenvalue weighted by Crippen LogP contribution is -2.60. The second kappa shape index (κ2) is 63.6. The van der Waals surface area contributed by atoms with Gasteiger partial charge in [-0.15, -0.1) is 0 Å². The van der Waals surface area contributed by atoms with Crippen LogP contribution in [0.15, 0.2) is 72.9 Å². The summed E-state index contributed by atoms with van der Waals surface area (Å²) in [6.07, 6.45) is 82.6. The minimum absolute atomic E-state index is 0.136. The van der Waals surface area contributed by atoms with Crippen LogP contribution < -0.4 is 5.32 Å². The molecule has 0 aromatic heterocycles. The summed E-state index contributed by atoms with van der Waals surface area (Å²) in [5.74, 6) is -0.139. The molecule has 7 atom stereocenters. The normalized spacial score (nSPS) is 18.6. The predicted molar refractivity (Wildman–Crippen MR) is 359 cm³/mol. The number of carbonyl (C=O) groups excluding carboxylic acids is 1. The summed E-state index contributed by atoms with van der Waals surface area (Å²) in [5.41, 5.74) is 0. The Hall–Kier alpha value is -2.37. The number of aliphatic hydroxyl groups is 5. The van der Waals surface area contributed by atoms with Crippen molar-refractivity contribution >= 4 is 5.91 Å². The third kappa shape index (κ3) is 51.7. The van der Waals surface area contributed by atoms with Gasteiger partial charge in [0.15, 0.2) is 6.29 Å². The Balaban J connectivity index is 2.07. The van der Waals surface area contributed by atoms with Gasteiger partial charge in [-0.25, -0.2) is 0 Å². The standard InChI is InChI=1S/C75H137NO8/c1-3-5-7-9-11-13-15-17-19-21-23-25-27-28-29-30-31-32-33-34-35-36-37-38-39-40-41-42-43-45-47-49-51-53-55-57-59-61-63-65-71(79)76-68(67-83-75-74(82)73(81)72(80)70(66-77)84-75)69(78)64-62-60-58-56-54-52-50-48-46-44-26-24-22-20-18-16-14-12-10-8-6-4-2/h5,7,11,13,17,19,23,25,28-29,31-32,68-70,72-75,77-78,80-82H,3-4,6,8-10,12,14-16,18,20-22,24,26-27,30,33-67H2,1-2H3,(H,76,79)/b7-5-,13-11-,19-17-,25-23-,29-28-,32-31-. The lowest BCUT2D eigenvalue weighted by Gasteiger charge is -2.40. The topological polar surface area (TPSA) is 149 Å². The average Bonchev–Trinajstić information content (AvgIpc) is 3.70. The maximum absolute atomic E-state index is 13.2. The number of carbonyl (C=O) groups is 1. The first kappa shape index (κ1) is 79.6. The Bertz CT molecular complexity index is 1560. The zero-order chi connectivity index (χ0) is 60.7. The summed E-state index contributed by atoms with van der Waals surface area (Å²) in [6, 6.07) is -0.721. The molecule has 1 fully saturated rings. The van der Waals surface area contributed by atoms with Crippen molar-refractivity contribution in [3.63, 3.8) is 0 Å². The van der Waals surface area contributed by atoms with Gasteiger partial charge in [0, 0.05) is 6.42 Å². The van der Waals surface area contributed by atoms with Gasteiger partial charge in [0.1, 0.15) is 24.4 Å². The van der Waals surface area contributed by atoms with Crippen molar-refractivity contribution in [1.29, 1.82) is 0 Å². The van der Waals surface area contributed by atoms with Crippen molar-refractivity contribution < 1.29 is 39.8 Å². The maximum Gasteiger partial charge on any atom is 0.220 e. The number of allylic oxidation sites excluding steroid dienone is 12. The van der Waals surface area contributed by atoms with Crippen LogP contribution in [0, 0.1) is 0 Å². The van der Waals surface area contributed by atoms with Crippen molar-refractivity contribution in [1.82, 2.24) is 5.32 Å². The molecule has 0 saturated carbocycles. The van der Waals surface area contributed by atoms with E-state index in [1.807, 2.05) is 0 Å². The van der Waals surface area contributed by atoms with Gasteiger partial charge in [-0.3, -0.25) is 4.79 Å². The largest absolute Gasteiger partial charge is 0.394 e. The molecule has 9 nitrogen and oxygen atoms in total. The van der Waals surface area contributed by atoms with Gasteiger partial charge in [0.2, 0.25) is 5.91 Å². The molecule has 0 radical (unpaired) electrons. The van der Waals surface area contributed by atoms with E-state index in [4.69, 9.17) is 9.47 Å². The van der Waals surface area contributed by atoms with Crippen LogP contribution in [0.5, 0.6) is 0 Å². The molecule has 490 valence electrons. The van der Waals surface area contributed by atoms with E-state index in [2.05, 4.69) is 92.1 Å². The molecule has 1 amide bonds. The van der Waals surface area contributed by atoms with E-state index in [9.17, 15) is 30.3 Å². The van der Waals surface area contributed by atoms with Gasteiger partial charge in [-0.05, 0) is 64.2 Å². The molecule has 0 aromatic rings. The molecule has 0 bridgehead atoms. The second-order valence-electron chi connectivity index (χ2n) is 25.0. The lowest BCUT2D eigenvalue weighted by molar-refractivity contribution is -0.302. The molecule has 1 saturated heterocycles. The van der Waals surface area contributed by atoms with Crippen LogP contribution >= 0.6 is 0 Å². The monoisotopic (exact) mass is 1180 g/mol. The zero-order valence-corrected chi connectivity index (χ0v) is 54.9. The highest BCUT2D eigenvalue weighted by molar-refractivity contribution is 5.76. The van der Waals surface area contributed by atoms with Crippen molar-refractivity contribution in [2.24, 2.45) is 0 Å². The summed E-state index contributed by atoms with van der Waals surface area (Å²) < 4.78 is 11.4. The lowest BCUT2D eigenvalue weighted by atomic mass is 9.99. The molecule has 6 N–H and O–H groups in total. The molecule has 0 aliphatic carbocycles. The SMILES string of the molecule is CC/C=C\C/C=C\C/C=C\C/C=C\C/C=C\C/C=C\CCCCCCCCCCCCCCCCCCCCCCC(=O)NC(COC1OC(CO)C(O)C(O)C1O)C(O)CCCCCCCCCCCCCCCCCCCCCCCC. The molecule has 1 aliphatic heterocycles. The highest BCUT2D eigenvalue weighted by Crippen LogP contribution is 2.24. The summed E-state index contributed by atoms with van der Waals surface area (Å²) in [6.45, 7) is 3.77. The molecular formula is C75H137NO8. The molecular weight excluding hydrogens is 1040 g/mol. The fourth-order valence-electron chi connectivity index (χ4n) is 11.5. The van der Waals surface area contributed by atoms with E-state index < -0.39 is 49.5 Å². The predicted octanol–water partition coefficient (Wildman–Crippen LogP) is 19.9. The van der Waals surface area contributed by atoms with Gasteiger partial charge >= 0.3 is 0 Å². The Morgan fingerprint density at radius 3 is 1.10 bits per heavy atom. The molecule has 1 aliphatic rings. The van der Waals surface area contributed by atoms with E-state index in [0.717, 1.165) is 77.0 Å². The van der Waals surface area contributed by atoms with Gasteiger partial charge in [-0.1, -0.05) is 344 Å². The third-order valence-electron chi connectivity index (χ3n) is 17.1. The zero-order valence-electron chi connectivity index (χ0n) is 54.9. The van der Waals surface area contributed by atoms with Crippen LogP contribution in [0.4, 0.5) is 0 Å². The van der Waals surface area contributed by atoms with Gasteiger partial charge in [0.05, 0.1) is 25.4 Å². The Labute approximate surface area is 519 Å². The quantitative estimate of drug-likeness (QED) is 0.0261. The van der Waals surface area contributed by atoms with Crippen molar-refractivity contribution in [3.05, 3.63) is 72.9 Å². The molecule has 1 rings (SSSR count). The van der Waals surface area contributed by atoms with E-state index in [0.29, 0.717) is 12.8 Å². The Kier molecular flexibility index (Phi) is 60.3. The van der Waals surface area contributed by atoms with E-state index in [1.54, 1.807) is 0 Å². The molecule has 9 heteroatoms. The third-order valence-corrected chi connectivity index (χ3v) is 17.1. The number of hydrogen-bond acceptors (Lipinski definition) is 8. The first-order valence-electron chi connectivity index (χ1n) is 36.1. The first-order valence-corrected chi connectivity index (χ1v) is 36.1. The summed E-state index contributed by atoms with van der Waals surface area (Å²) in [4.78, 5) is 13.2. The number of nitrogens with one attached hydrogen (secondary N) is 1. The molecule has 0 aromatic carbocycles. The highest BCUT2D eigenvalue weighted by Gasteiger charge is 2.44. The first-order chi connectivity index (χ1) is 41.3. The van der Waals surface area contributed by atoms with Gasteiger partial charge in [-0.2, -0.15) is 0 Å². The van der Waals surface area contributed by atoms with E-state index >= 15 is 0 Å². The number of aliphatic hydroxyl groups excluding tert-OH is 5. The smallest absolute Gasteiger partial charge is 0.220 e. The minimum atomic E-state index is -1.55. The number of rotatable bonds is 63. The number of ether oxygens (including phenoxy) is 2. The van der Waals surface area contributed by atoms with Gasteiger partial charge in [0.25, 0.3) is 0 Å². The highest BCUT2D eigenvalue weighted by atomic mass is 16.7. The number of amides is 1. The minimum Gasteiger partial charge on any atom is -0.394 e. The molecule has 1 heterocycles. The molecule has 7 unspecified atom stereocenters. The summed E-state index contributed by atoms with van der Waals surface area (Å²) >= 11 is 0. The van der Waals surface area contributed by atoms with Crippen LogP contribution in [-0.4, -0.2) is 87.5 Å². The van der Waals surface area contributed by atoms with Crippen LogP contribution in [0.3, 0.4) is 0 Å². The Morgan fingerprint density at radius 1 is 0.417 bits per heavy atom. The van der Waals surface area contributed by atoms with Crippen molar-refractivity contribution in [3.8, 4) is 0 Å². The maximum atomic E-state index is 13.2. The number of unbranched alkanes of at least 4 members (excludes halogenated alkanes) is 41. The van der Waals surface area contributed by atoms with Gasteiger partial charge < -0.3 is 40.3 Å². The number of hydrogen-bond donors (Lipinski definition) is 6. The fourth-order valence-corrected chi connectivity index (χ4v) is 11.5. The molecule has 0 spiro atoms. The molecule has 84 heavy (non-hydrogen) atoms. The van der Waals surface area contributed by atoms with Crippen LogP contribution in [-0.2, 0) is 14.3 Å². The van der Waals surface area contributed by atoms with Crippen molar-refractivity contribution in [2.75, 3.05) is 13.2 Å². The fraction of sp³-hybridized carbons (Fsp3) is 0.827. The summed E-state index contributed by atoms with van der Waals surface area (Å²) in [5, 5.41) is 55.0. The van der Waals surface area contributed by atoms with E-state index in [-0.39, 0.29) is 12.5 Å². The second-order valence-corrected chi connectivity index (χ2v) is 25.0. The van der Waals surface area contributed by atoms with Crippen LogP contribution in [0.25, 0.3) is 0 Å². The van der Waals surface area contributed by atoms with E-state index in [1.165, 1.54) is 238 Å². The summed E-state index contributed by atoms with van der Waals surface area (Å²) in [7, 11) is 0. The average molecular weight is 1180 g/mol. The van der Waals surface area contributed by atoms with Crippen molar-refractivity contribution in [2.45, 2.75) is 384 Å². The van der Waals surface area contributed by atoms with Crippen LogP contribution in [0.2, 0.25) is 0 Å². The van der Waals surface area contributed by atoms with Crippen LogP contribution in [0.1, 0.15) is 341 Å².